The van der Waals surface area contributed by atoms with Gasteiger partial charge in [0.2, 0.25) is 0 Å². The van der Waals surface area contributed by atoms with Gasteiger partial charge < -0.3 is 5.11 Å². The molecular weight excluding hydrogens is 242 g/mol. The quantitative estimate of drug-likeness (QED) is 0.765. The molecular formula is C10H15N3O3S. The van der Waals surface area contributed by atoms with Crippen molar-refractivity contribution in [3.05, 3.63) is 10.5 Å². The zero-order chi connectivity index (χ0) is 12.6. The van der Waals surface area contributed by atoms with E-state index < -0.39 is 5.97 Å². The summed E-state index contributed by atoms with van der Waals surface area (Å²) in [5.74, 6) is -0.534. The van der Waals surface area contributed by atoms with Crippen LogP contribution in [-0.2, 0) is 10.3 Å². The average Bonchev–Trinajstić information content (AvgIpc) is 3.00. The summed E-state index contributed by atoms with van der Waals surface area (Å²) < 4.78 is 1.58. The van der Waals surface area contributed by atoms with Crippen LogP contribution in [0.1, 0.15) is 26.7 Å². The number of H-pyrrole nitrogens is 1. The van der Waals surface area contributed by atoms with Gasteiger partial charge in [-0.25, -0.2) is 9.89 Å². The molecule has 0 bridgehead atoms. The van der Waals surface area contributed by atoms with Crippen LogP contribution in [-0.4, -0.2) is 31.6 Å². The van der Waals surface area contributed by atoms with Crippen LogP contribution < -0.4 is 5.69 Å². The van der Waals surface area contributed by atoms with E-state index in [0.29, 0.717) is 11.1 Å². The van der Waals surface area contributed by atoms with Gasteiger partial charge in [0.25, 0.3) is 0 Å². The first kappa shape index (κ1) is 12.2. The maximum atomic E-state index is 11.7. The largest absolute Gasteiger partial charge is 0.481 e. The van der Waals surface area contributed by atoms with Crippen molar-refractivity contribution in [2.24, 2.45) is 5.92 Å². The van der Waals surface area contributed by atoms with E-state index >= 15 is 0 Å². The summed E-state index contributed by atoms with van der Waals surface area (Å²) in [7, 11) is 0. The van der Waals surface area contributed by atoms with Crippen molar-refractivity contribution >= 4 is 17.7 Å². The number of rotatable bonds is 5. The fraction of sp³-hybridized carbons (Fsp3) is 0.700. The molecule has 1 aliphatic rings. The highest BCUT2D eigenvalue weighted by molar-refractivity contribution is 7.99. The minimum Gasteiger partial charge on any atom is -0.481 e. The second-order valence-corrected chi connectivity index (χ2v) is 5.70. The van der Waals surface area contributed by atoms with Gasteiger partial charge in [-0.15, -0.1) is 5.10 Å². The topological polar surface area (TPSA) is 88.0 Å². The van der Waals surface area contributed by atoms with Crippen molar-refractivity contribution in [3.63, 3.8) is 0 Å². The van der Waals surface area contributed by atoms with Crippen LogP contribution in [0, 0.1) is 5.92 Å². The molecule has 0 unspecified atom stereocenters. The Morgan fingerprint density at radius 2 is 2.29 bits per heavy atom. The molecule has 0 aromatic carbocycles. The molecule has 2 N–H and O–H groups in total. The maximum Gasteiger partial charge on any atom is 0.344 e. The number of carbonyl (C=O) groups is 1. The van der Waals surface area contributed by atoms with Crippen molar-refractivity contribution in [3.8, 4) is 0 Å². The van der Waals surface area contributed by atoms with Crippen molar-refractivity contribution < 1.29 is 9.90 Å². The maximum absolute atomic E-state index is 11.7. The molecule has 1 aromatic rings. The van der Waals surface area contributed by atoms with Gasteiger partial charge in [-0.05, 0) is 32.6 Å². The van der Waals surface area contributed by atoms with E-state index in [-0.39, 0.29) is 17.0 Å². The lowest BCUT2D eigenvalue weighted by atomic mass is 9.99. The van der Waals surface area contributed by atoms with Gasteiger partial charge in [-0.1, -0.05) is 11.8 Å². The molecule has 0 aliphatic heterocycles. The van der Waals surface area contributed by atoms with Crippen LogP contribution in [0.15, 0.2) is 9.95 Å². The second kappa shape index (κ2) is 4.21. The molecule has 7 heteroatoms. The molecule has 0 amide bonds. The van der Waals surface area contributed by atoms with Crippen LogP contribution >= 0.6 is 11.8 Å². The van der Waals surface area contributed by atoms with Gasteiger partial charge in [-0.3, -0.25) is 9.36 Å². The van der Waals surface area contributed by atoms with Crippen molar-refractivity contribution in [2.45, 2.75) is 37.4 Å². The third-order valence-electron chi connectivity index (χ3n) is 3.12. The monoisotopic (exact) mass is 257 g/mol. The molecule has 1 aromatic heterocycles. The van der Waals surface area contributed by atoms with Gasteiger partial charge in [0.15, 0.2) is 5.16 Å². The molecule has 2 rings (SSSR count). The number of aromatic nitrogens is 3. The number of hydrogen-bond donors (Lipinski definition) is 2. The molecule has 17 heavy (non-hydrogen) atoms. The van der Waals surface area contributed by atoms with E-state index in [1.807, 2.05) is 13.8 Å². The predicted octanol–water partition coefficient (Wildman–Crippen LogP) is 0.893. The zero-order valence-electron chi connectivity index (χ0n) is 9.77. The summed E-state index contributed by atoms with van der Waals surface area (Å²) in [5, 5.41) is 15.4. The Morgan fingerprint density at radius 3 is 2.82 bits per heavy atom. The Bertz CT molecular complexity index is 487. The predicted molar refractivity (Wildman–Crippen MR) is 63.3 cm³/mol. The van der Waals surface area contributed by atoms with E-state index in [1.54, 1.807) is 4.57 Å². The molecule has 1 aliphatic carbocycles. The van der Waals surface area contributed by atoms with Crippen LogP contribution in [0.2, 0.25) is 0 Å². The number of aromatic amines is 1. The lowest BCUT2D eigenvalue weighted by molar-refractivity contribution is -0.133. The number of thioether (sulfide) groups is 1. The van der Waals surface area contributed by atoms with E-state index in [1.165, 1.54) is 0 Å². The summed E-state index contributed by atoms with van der Waals surface area (Å²) in [6, 6.07) is 0. The third kappa shape index (κ3) is 2.38. The highest BCUT2D eigenvalue weighted by atomic mass is 32.2. The lowest BCUT2D eigenvalue weighted by Crippen LogP contribution is -2.37. The molecule has 0 radical (unpaired) electrons. The highest BCUT2D eigenvalue weighted by Crippen LogP contribution is 2.44. The number of carboxylic acids is 1. The Labute approximate surface area is 102 Å². The Hall–Kier alpha value is -1.24. The third-order valence-corrected chi connectivity index (χ3v) is 4.04. The fourth-order valence-electron chi connectivity index (χ4n) is 1.99. The summed E-state index contributed by atoms with van der Waals surface area (Å²) in [6.07, 6.45) is 2.21. The minimum atomic E-state index is -0.916. The number of nitrogens with one attached hydrogen (secondary N) is 1. The summed E-state index contributed by atoms with van der Waals surface area (Å²) >= 11 is 1.07. The first-order valence-electron chi connectivity index (χ1n) is 5.45. The first-order valence-corrected chi connectivity index (χ1v) is 6.44. The van der Waals surface area contributed by atoms with Crippen molar-refractivity contribution in [2.75, 3.05) is 5.75 Å². The Kier molecular flexibility index (Phi) is 3.03. The minimum absolute atomic E-state index is 0.0922. The van der Waals surface area contributed by atoms with Crippen LogP contribution in [0.25, 0.3) is 0 Å². The first-order chi connectivity index (χ1) is 7.93. The van der Waals surface area contributed by atoms with Gasteiger partial charge in [0.05, 0.1) is 5.75 Å². The lowest BCUT2D eigenvalue weighted by Gasteiger charge is -2.26. The van der Waals surface area contributed by atoms with Crippen molar-refractivity contribution in [1.29, 1.82) is 0 Å². The van der Waals surface area contributed by atoms with E-state index in [9.17, 15) is 9.59 Å². The molecule has 94 valence electrons. The summed E-state index contributed by atoms with van der Waals surface area (Å²) in [4.78, 5) is 22.3. The number of hydrogen-bond acceptors (Lipinski definition) is 4. The zero-order valence-corrected chi connectivity index (χ0v) is 10.6. The van der Waals surface area contributed by atoms with E-state index in [2.05, 4.69) is 10.2 Å². The van der Waals surface area contributed by atoms with Gasteiger partial charge >= 0.3 is 11.7 Å². The van der Waals surface area contributed by atoms with Crippen LogP contribution in [0.5, 0.6) is 0 Å². The molecule has 0 spiro atoms. The van der Waals surface area contributed by atoms with Crippen LogP contribution in [0.4, 0.5) is 0 Å². The summed E-state index contributed by atoms with van der Waals surface area (Å²) in [5.41, 5.74) is -0.569. The molecule has 1 heterocycles. The van der Waals surface area contributed by atoms with Gasteiger partial charge in [0.1, 0.15) is 0 Å². The smallest absolute Gasteiger partial charge is 0.344 e. The Balaban J connectivity index is 2.28. The molecule has 1 saturated carbocycles. The fourth-order valence-corrected chi connectivity index (χ4v) is 2.80. The van der Waals surface area contributed by atoms with E-state index in [0.717, 1.165) is 24.6 Å². The normalized spacial score (nSPS) is 16.1. The SMILES string of the molecule is CC(C)(C1CC1)n1c(SCC(=O)O)n[nH]c1=O. The highest BCUT2D eigenvalue weighted by Gasteiger charge is 2.41. The summed E-state index contributed by atoms with van der Waals surface area (Å²) in [6.45, 7) is 3.98. The molecule has 0 saturated heterocycles. The second-order valence-electron chi connectivity index (χ2n) is 4.76. The number of carboxylic acid groups (broad SMARTS) is 1. The molecule has 1 fully saturated rings. The standard InChI is InChI=1S/C10H15N3O3S/c1-10(2,6-3-4-6)13-8(16)11-12-9(13)17-5-7(14)15/h6H,3-5H2,1-2H3,(H,11,16)(H,14,15). The molecule has 0 atom stereocenters. The van der Waals surface area contributed by atoms with Crippen LogP contribution in [0.3, 0.4) is 0 Å². The number of aliphatic carboxylic acids is 1. The average molecular weight is 257 g/mol. The van der Waals surface area contributed by atoms with Gasteiger partial charge in [0, 0.05) is 5.54 Å². The number of nitrogens with zero attached hydrogens (tertiary/aromatic N) is 2. The van der Waals surface area contributed by atoms with Crippen molar-refractivity contribution in [1.82, 2.24) is 14.8 Å². The Morgan fingerprint density at radius 1 is 1.65 bits per heavy atom. The van der Waals surface area contributed by atoms with E-state index in [4.69, 9.17) is 5.11 Å². The van der Waals surface area contributed by atoms with Gasteiger partial charge in [-0.2, -0.15) is 0 Å². The molecule has 6 nitrogen and oxygen atoms in total.